The van der Waals surface area contributed by atoms with E-state index in [4.69, 9.17) is 5.26 Å². The van der Waals surface area contributed by atoms with Crippen molar-refractivity contribution in [2.45, 2.75) is 0 Å². The Morgan fingerprint density at radius 1 is 1.50 bits per heavy atom. The maximum absolute atomic E-state index is 10.9. The van der Waals surface area contributed by atoms with Gasteiger partial charge in [0.2, 0.25) is 0 Å². The molecule has 0 fully saturated rings. The van der Waals surface area contributed by atoms with Crippen molar-refractivity contribution < 1.29 is 14.9 Å². The van der Waals surface area contributed by atoms with E-state index in [1.54, 1.807) is 24.3 Å². The van der Waals surface area contributed by atoms with E-state index in [-0.39, 0.29) is 0 Å². The number of benzene rings is 1. The van der Waals surface area contributed by atoms with Crippen LogP contribution in [0.15, 0.2) is 30.8 Å². The molecule has 1 aromatic carbocycles. The Kier molecular flexibility index (Phi) is 2.61. The number of carbonyl (C=O) groups excluding carboxylic acids is 1. The zero-order chi connectivity index (χ0) is 8.97. The lowest BCUT2D eigenvalue weighted by atomic mass is 10.1. The molecule has 1 aromatic rings. The minimum atomic E-state index is -0.773. The first-order valence-corrected chi connectivity index (χ1v) is 3.37. The molecule has 0 amide bonds. The fourth-order valence-corrected chi connectivity index (χ4v) is 0.910. The van der Waals surface area contributed by atoms with Gasteiger partial charge < -0.3 is 0 Å². The van der Waals surface area contributed by atoms with Crippen molar-refractivity contribution in [2.75, 3.05) is 0 Å². The molecule has 12 heavy (non-hydrogen) atoms. The van der Waals surface area contributed by atoms with Crippen LogP contribution in [0.2, 0.25) is 0 Å². The second-order valence-electron chi connectivity index (χ2n) is 2.17. The third kappa shape index (κ3) is 1.52. The van der Waals surface area contributed by atoms with E-state index in [0.717, 1.165) is 0 Å². The first-order chi connectivity index (χ1) is 5.79. The van der Waals surface area contributed by atoms with Crippen molar-refractivity contribution in [2.24, 2.45) is 0 Å². The summed E-state index contributed by atoms with van der Waals surface area (Å²) in [7, 11) is 0. The number of carbonyl (C=O) groups is 1. The van der Waals surface area contributed by atoms with Gasteiger partial charge in [-0.25, -0.2) is 4.79 Å². The van der Waals surface area contributed by atoms with Gasteiger partial charge in [0.05, 0.1) is 5.56 Å². The number of hydrogen-bond donors (Lipinski definition) is 1. The molecule has 1 rings (SSSR count). The smallest absolute Gasteiger partial charge is 0.295 e. The molecule has 0 aliphatic rings. The van der Waals surface area contributed by atoms with Crippen LogP contribution >= 0.6 is 0 Å². The van der Waals surface area contributed by atoms with Crippen molar-refractivity contribution in [3.8, 4) is 0 Å². The summed E-state index contributed by atoms with van der Waals surface area (Å²) in [5.41, 5.74) is 0.937. The first-order valence-electron chi connectivity index (χ1n) is 3.37. The fraction of sp³-hybridized carbons (Fsp3) is 0. The van der Waals surface area contributed by atoms with Crippen LogP contribution in [0.4, 0.5) is 0 Å². The topological polar surface area (TPSA) is 46.5 Å². The van der Waals surface area contributed by atoms with Crippen LogP contribution in [0, 0.1) is 0 Å². The third-order valence-corrected chi connectivity index (χ3v) is 1.48. The van der Waals surface area contributed by atoms with Crippen molar-refractivity contribution in [1.82, 2.24) is 0 Å². The largest absolute Gasteiger partial charge is 0.373 e. The minimum absolute atomic E-state index is 0.301. The Bertz CT molecular complexity index is 304. The molecular weight excluding hydrogens is 156 g/mol. The summed E-state index contributed by atoms with van der Waals surface area (Å²) >= 11 is 0. The molecule has 0 atom stereocenters. The summed E-state index contributed by atoms with van der Waals surface area (Å²) < 4.78 is 0. The van der Waals surface area contributed by atoms with Gasteiger partial charge in [-0.1, -0.05) is 30.9 Å². The van der Waals surface area contributed by atoms with Crippen molar-refractivity contribution in [3.63, 3.8) is 0 Å². The number of hydrogen-bond acceptors (Lipinski definition) is 3. The highest BCUT2D eigenvalue weighted by atomic mass is 17.1. The summed E-state index contributed by atoms with van der Waals surface area (Å²) in [5, 5.41) is 8.12. The molecule has 0 saturated carbocycles. The Morgan fingerprint density at radius 2 is 2.17 bits per heavy atom. The summed E-state index contributed by atoms with van der Waals surface area (Å²) in [6, 6.07) is 6.71. The Morgan fingerprint density at radius 3 is 2.75 bits per heavy atom. The quantitative estimate of drug-likeness (QED) is 0.536. The molecule has 1 N–H and O–H groups in total. The standard InChI is InChI=1S/C9H8O3/c1-2-7-5-3-4-6-8(7)9(10)12-11/h2-6,11H,1H2. The molecule has 3 nitrogen and oxygen atoms in total. The van der Waals surface area contributed by atoms with E-state index >= 15 is 0 Å². The van der Waals surface area contributed by atoms with Gasteiger partial charge in [0.15, 0.2) is 0 Å². The molecule has 3 heteroatoms. The van der Waals surface area contributed by atoms with Crippen molar-refractivity contribution >= 4 is 12.0 Å². The van der Waals surface area contributed by atoms with Gasteiger partial charge in [-0.2, -0.15) is 5.26 Å². The number of rotatable bonds is 2. The van der Waals surface area contributed by atoms with Gasteiger partial charge in [0, 0.05) is 0 Å². The van der Waals surface area contributed by atoms with Crippen LogP contribution in [0.25, 0.3) is 6.08 Å². The van der Waals surface area contributed by atoms with Gasteiger partial charge in [0.1, 0.15) is 0 Å². The molecule has 0 aliphatic heterocycles. The van der Waals surface area contributed by atoms with E-state index in [1.165, 1.54) is 6.08 Å². The van der Waals surface area contributed by atoms with Crippen LogP contribution in [0.3, 0.4) is 0 Å². The molecule has 0 unspecified atom stereocenters. The zero-order valence-electron chi connectivity index (χ0n) is 6.36. The Labute approximate surface area is 69.8 Å². The Balaban J connectivity index is 3.13. The molecule has 0 saturated heterocycles. The predicted octanol–water partition coefficient (Wildman–Crippen LogP) is 1.96. The summed E-state index contributed by atoms with van der Waals surface area (Å²) in [6.45, 7) is 3.52. The molecule has 0 aliphatic carbocycles. The van der Waals surface area contributed by atoms with Crippen molar-refractivity contribution in [3.05, 3.63) is 42.0 Å². The molecule has 0 spiro atoms. The first kappa shape index (κ1) is 8.49. The second kappa shape index (κ2) is 3.69. The highest BCUT2D eigenvalue weighted by molar-refractivity contribution is 5.93. The van der Waals surface area contributed by atoms with Crippen LogP contribution in [-0.4, -0.2) is 11.2 Å². The molecule has 0 heterocycles. The van der Waals surface area contributed by atoms with Gasteiger partial charge in [-0.15, -0.1) is 0 Å². The lowest BCUT2D eigenvalue weighted by Crippen LogP contribution is -2.03. The molecule has 0 radical (unpaired) electrons. The van der Waals surface area contributed by atoms with Gasteiger partial charge >= 0.3 is 5.97 Å². The highest BCUT2D eigenvalue weighted by Gasteiger charge is 2.09. The molecule has 0 bridgehead atoms. The average Bonchev–Trinajstić information content (AvgIpc) is 2.16. The van der Waals surface area contributed by atoms with Crippen molar-refractivity contribution in [1.29, 1.82) is 0 Å². The maximum atomic E-state index is 10.9. The molecule has 62 valence electrons. The summed E-state index contributed by atoms with van der Waals surface area (Å²) in [5.74, 6) is -0.773. The van der Waals surface area contributed by atoms with E-state index in [0.29, 0.717) is 11.1 Å². The monoisotopic (exact) mass is 164 g/mol. The Hall–Kier alpha value is -1.61. The maximum Gasteiger partial charge on any atom is 0.373 e. The van der Waals surface area contributed by atoms with Gasteiger partial charge in [-0.3, -0.25) is 4.89 Å². The van der Waals surface area contributed by atoms with Crippen LogP contribution in [0.1, 0.15) is 15.9 Å². The van der Waals surface area contributed by atoms with Gasteiger partial charge in [-0.05, 0) is 11.6 Å². The second-order valence-corrected chi connectivity index (χ2v) is 2.17. The minimum Gasteiger partial charge on any atom is -0.295 e. The zero-order valence-corrected chi connectivity index (χ0v) is 6.36. The van der Waals surface area contributed by atoms with Gasteiger partial charge in [0.25, 0.3) is 0 Å². The van der Waals surface area contributed by atoms with E-state index < -0.39 is 5.97 Å². The van der Waals surface area contributed by atoms with Crippen LogP contribution < -0.4 is 0 Å². The molecule has 0 aromatic heterocycles. The SMILES string of the molecule is C=Cc1ccccc1C(=O)OO. The van der Waals surface area contributed by atoms with E-state index in [9.17, 15) is 4.79 Å². The predicted molar refractivity (Wildman–Crippen MR) is 44.6 cm³/mol. The summed E-state index contributed by atoms with van der Waals surface area (Å²) in [4.78, 5) is 14.5. The fourth-order valence-electron chi connectivity index (χ4n) is 0.910. The normalized spacial score (nSPS) is 9.08. The lowest BCUT2D eigenvalue weighted by Gasteiger charge is -2.00. The third-order valence-electron chi connectivity index (χ3n) is 1.48. The average molecular weight is 164 g/mol. The summed E-state index contributed by atoms with van der Waals surface area (Å²) in [6.07, 6.45) is 1.52. The molecular formula is C9H8O3. The van der Waals surface area contributed by atoms with Crippen LogP contribution in [0.5, 0.6) is 0 Å². The highest BCUT2D eigenvalue weighted by Crippen LogP contribution is 2.10. The van der Waals surface area contributed by atoms with E-state index in [1.807, 2.05) is 0 Å². The van der Waals surface area contributed by atoms with E-state index in [2.05, 4.69) is 11.5 Å². The van der Waals surface area contributed by atoms with Crippen LogP contribution in [-0.2, 0) is 4.89 Å². The lowest BCUT2D eigenvalue weighted by molar-refractivity contribution is -0.182.